The Hall–Kier alpha value is -1.59. The van der Waals surface area contributed by atoms with Gasteiger partial charge in [-0.05, 0) is 32.8 Å². The first kappa shape index (κ1) is 16.5. The van der Waals surface area contributed by atoms with Crippen LogP contribution in [0.3, 0.4) is 0 Å². The van der Waals surface area contributed by atoms with Gasteiger partial charge in [0, 0.05) is 6.54 Å². The molecule has 0 aromatic heterocycles. The van der Waals surface area contributed by atoms with E-state index in [0.717, 1.165) is 5.56 Å². The van der Waals surface area contributed by atoms with E-state index in [2.05, 4.69) is 5.32 Å². The SMILES string of the molecule is CC(C)(C)OC(=O)NC(Cc1ccccc1)C(O)CN. The largest absolute Gasteiger partial charge is 0.444 e. The Kier molecular flexibility index (Phi) is 5.98. The third-order valence-corrected chi connectivity index (χ3v) is 2.71. The van der Waals surface area contributed by atoms with Gasteiger partial charge in [0.15, 0.2) is 0 Å². The van der Waals surface area contributed by atoms with Crippen LogP contribution in [-0.2, 0) is 11.2 Å². The third-order valence-electron chi connectivity index (χ3n) is 2.71. The fourth-order valence-corrected chi connectivity index (χ4v) is 1.77. The van der Waals surface area contributed by atoms with Crippen molar-refractivity contribution >= 4 is 6.09 Å². The molecule has 2 atom stereocenters. The van der Waals surface area contributed by atoms with Crippen molar-refractivity contribution in [3.63, 3.8) is 0 Å². The van der Waals surface area contributed by atoms with Gasteiger partial charge in [0.25, 0.3) is 0 Å². The van der Waals surface area contributed by atoms with E-state index in [1.54, 1.807) is 20.8 Å². The summed E-state index contributed by atoms with van der Waals surface area (Å²) in [5.41, 5.74) is 5.93. The van der Waals surface area contributed by atoms with Gasteiger partial charge in [-0.3, -0.25) is 0 Å². The fourth-order valence-electron chi connectivity index (χ4n) is 1.77. The zero-order chi connectivity index (χ0) is 15.2. The third kappa shape index (κ3) is 6.04. The van der Waals surface area contributed by atoms with Crippen molar-refractivity contribution in [1.82, 2.24) is 5.32 Å². The first-order valence-corrected chi connectivity index (χ1v) is 6.73. The maximum atomic E-state index is 11.8. The Morgan fingerprint density at radius 2 is 1.95 bits per heavy atom. The first-order valence-electron chi connectivity index (χ1n) is 6.73. The minimum Gasteiger partial charge on any atom is -0.444 e. The normalized spacial score (nSPS) is 14.4. The minimum atomic E-state index is -0.817. The van der Waals surface area contributed by atoms with Crippen LogP contribution < -0.4 is 11.1 Å². The van der Waals surface area contributed by atoms with Gasteiger partial charge >= 0.3 is 6.09 Å². The molecular formula is C15H24N2O3. The fraction of sp³-hybridized carbons (Fsp3) is 0.533. The molecular weight excluding hydrogens is 256 g/mol. The molecule has 1 amide bonds. The quantitative estimate of drug-likeness (QED) is 0.762. The molecule has 1 rings (SSSR count). The smallest absolute Gasteiger partial charge is 0.407 e. The van der Waals surface area contributed by atoms with Crippen molar-refractivity contribution < 1.29 is 14.6 Å². The van der Waals surface area contributed by atoms with E-state index in [1.807, 2.05) is 30.3 Å². The molecule has 2 unspecified atom stereocenters. The van der Waals surface area contributed by atoms with Gasteiger partial charge in [0.1, 0.15) is 5.60 Å². The van der Waals surface area contributed by atoms with E-state index in [4.69, 9.17) is 10.5 Å². The van der Waals surface area contributed by atoms with Crippen molar-refractivity contribution in [1.29, 1.82) is 0 Å². The minimum absolute atomic E-state index is 0.0767. The number of amides is 1. The van der Waals surface area contributed by atoms with Crippen molar-refractivity contribution in [2.45, 2.75) is 44.9 Å². The molecule has 4 N–H and O–H groups in total. The standard InChI is InChI=1S/C15H24N2O3/c1-15(2,3)20-14(19)17-12(13(18)10-16)9-11-7-5-4-6-8-11/h4-8,12-13,18H,9-10,16H2,1-3H3,(H,17,19). The molecule has 1 aromatic carbocycles. The van der Waals surface area contributed by atoms with E-state index < -0.39 is 23.8 Å². The highest BCUT2D eigenvalue weighted by Crippen LogP contribution is 2.10. The average molecular weight is 280 g/mol. The number of nitrogens with one attached hydrogen (secondary N) is 1. The molecule has 0 aliphatic carbocycles. The van der Waals surface area contributed by atoms with Crippen LogP contribution >= 0.6 is 0 Å². The summed E-state index contributed by atoms with van der Waals surface area (Å²) in [4.78, 5) is 11.8. The summed E-state index contributed by atoms with van der Waals surface area (Å²) in [6.07, 6.45) is -0.869. The number of nitrogens with two attached hydrogens (primary N) is 1. The van der Waals surface area contributed by atoms with Crippen molar-refractivity contribution in [3.05, 3.63) is 35.9 Å². The van der Waals surface area contributed by atoms with Crippen LogP contribution in [0.5, 0.6) is 0 Å². The van der Waals surface area contributed by atoms with Gasteiger partial charge in [0.05, 0.1) is 12.1 Å². The number of carbonyl (C=O) groups excluding carboxylic acids is 1. The number of carbonyl (C=O) groups is 1. The van der Waals surface area contributed by atoms with E-state index in [-0.39, 0.29) is 6.54 Å². The second-order valence-electron chi connectivity index (χ2n) is 5.75. The topological polar surface area (TPSA) is 84.6 Å². The number of aliphatic hydroxyl groups excluding tert-OH is 1. The molecule has 0 spiro atoms. The number of hydrogen-bond donors (Lipinski definition) is 3. The van der Waals surface area contributed by atoms with Gasteiger partial charge < -0.3 is 20.9 Å². The number of hydrogen-bond acceptors (Lipinski definition) is 4. The van der Waals surface area contributed by atoms with Crippen LogP contribution in [0.15, 0.2) is 30.3 Å². The van der Waals surface area contributed by atoms with Crippen LogP contribution in [0.2, 0.25) is 0 Å². The van der Waals surface area contributed by atoms with Gasteiger partial charge in [-0.25, -0.2) is 4.79 Å². The summed E-state index contributed by atoms with van der Waals surface area (Å²) >= 11 is 0. The second-order valence-corrected chi connectivity index (χ2v) is 5.75. The summed E-state index contributed by atoms with van der Waals surface area (Å²) in [7, 11) is 0. The summed E-state index contributed by atoms with van der Waals surface area (Å²) in [5.74, 6) is 0. The predicted molar refractivity (Wildman–Crippen MR) is 78.4 cm³/mol. The molecule has 0 radical (unpaired) electrons. The first-order chi connectivity index (χ1) is 9.31. The highest BCUT2D eigenvalue weighted by atomic mass is 16.6. The zero-order valence-corrected chi connectivity index (χ0v) is 12.3. The predicted octanol–water partition coefficient (Wildman–Crippen LogP) is 1.44. The lowest BCUT2D eigenvalue weighted by Gasteiger charge is -2.26. The molecule has 0 bridgehead atoms. The Labute approximate surface area is 120 Å². The number of alkyl carbamates (subject to hydrolysis) is 1. The molecule has 0 fully saturated rings. The van der Waals surface area contributed by atoms with Crippen LogP contribution in [-0.4, -0.2) is 35.5 Å². The summed E-state index contributed by atoms with van der Waals surface area (Å²) in [6.45, 7) is 5.45. The molecule has 0 aliphatic heterocycles. The second kappa shape index (κ2) is 7.26. The highest BCUT2D eigenvalue weighted by molar-refractivity contribution is 5.68. The Morgan fingerprint density at radius 3 is 2.45 bits per heavy atom. The van der Waals surface area contributed by atoms with Crippen LogP contribution in [0.1, 0.15) is 26.3 Å². The van der Waals surface area contributed by atoms with E-state index in [1.165, 1.54) is 0 Å². The Bertz CT molecular complexity index is 415. The van der Waals surface area contributed by atoms with Crippen molar-refractivity contribution in [2.75, 3.05) is 6.54 Å². The maximum Gasteiger partial charge on any atom is 0.407 e. The summed E-state index contributed by atoms with van der Waals surface area (Å²) in [5, 5.41) is 12.6. The molecule has 1 aromatic rings. The lowest BCUT2D eigenvalue weighted by Crippen LogP contribution is -2.49. The molecule has 5 heteroatoms. The average Bonchev–Trinajstić information content (AvgIpc) is 2.36. The molecule has 20 heavy (non-hydrogen) atoms. The van der Waals surface area contributed by atoms with E-state index in [9.17, 15) is 9.90 Å². The Balaban J connectivity index is 2.68. The molecule has 0 saturated carbocycles. The highest BCUT2D eigenvalue weighted by Gasteiger charge is 2.24. The summed E-state index contributed by atoms with van der Waals surface area (Å²) in [6, 6.07) is 9.14. The lowest BCUT2D eigenvalue weighted by molar-refractivity contribution is 0.0430. The lowest BCUT2D eigenvalue weighted by atomic mass is 10.0. The van der Waals surface area contributed by atoms with Crippen LogP contribution in [0.4, 0.5) is 4.79 Å². The molecule has 112 valence electrons. The molecule has 0 saturated heterocycles. The van der Waals surface area contributed by atoms with E-state index in [0.29, 0.717) is 6.42 Å². The molecule has 0 aliphatic rings. The Morgan fingerprint density at radius 1 is 1.35 bits per heavy atom. The number of rotatable bonds is 5. The van der Waals surface area contributed by atoms with Gasteiger partial charge in [-0.1, -0.05) is 30.3 Å². The summed E-state index contributed by atoms with van der Waals surface area (Å²) < 4.78 is 5.20. The van der Waals surface area contributed by atoms with Crippen molar-refractivity contribution in [2.24, 2.45) is 5.73 Å². The number of benzene rings is 1. The van der Waals surface area contributed by atoms with Crippen molar-refractivity contribution in [3.8, 4) is 0 Å². The zero-order valence-electron chi connectivity index (χ0n) is 12.3. The monoisotopic (exact) mass is 280 g/mol. The van der Waals surface area contributed by atoms with Crippen LogP contribution in [0.25, 0.3) is 0 Å². The molecule has 5 nitrogen and oxygen atoms in total. The van der Waals surface area contributed by atoms with Gasteiger partial charge in [0.2, 0.25) is 0 Å². The van der Waals surface area contributed by atoms with Gasteiger partial charge in [-0.2, -0.15) is 0 Å². The van der Waals surface area contributed by atoms with E-state index >= 15 is 0 Å². The number of aliphatic hydroxyl groups is 1. The number of ether oxygens (including phenoxy) is 1. The van der Waals surface area contributed by atoms with Crippen LogP contribution in [0, 0.1) is 0 Å². The maximum absolute atomic E-state index is 11.8. The molecule has 0 heterocycles. The van der Waals surface area contributed by atoms with Gasteiger partial charge in [-0.15, -0.1) is 0 Å².